The van der Waals surface area contributed by atoms with Crippen molar-refractivity contribution in [1.82, 2.24) is 0 Å². The van der Waals surface area contributed by atoms with Gasteiger partial charge in [0.25, 0.3) is 0 Å². The van der Waals surface area contributed by atoms with Gasteiger partial charge in [-0.1, -0.05) is 35.4 Å². The highest BCUT2D eigenvalue weighted by Crippen LogP contribution is 2.23. The van der Waals surface area contributed by atoms with Crippen molar-refractivity contribution in [1.29, 1.82) is 0 Å². The van der Waals surface area contributed by atoms with Gasteiger partial charge in [-0.2, -0.15) is 0 Å². The maximum absolute atomic E-state index is 13.2. The van der Waals surface area contributed by atoms with Gasteiger partial charge in [0.1, 0.15) is 5.82 Å². The molecule has 0 aliphatic heterocycles. The predicted octanol–water partition coefficient (Wildman–Crippen LogP) is 6.33. The average molecular weight is 460 g/mol. The molecule has 3 N–H and O–H groups in total. The molecule has 1 amide bonds. The Kier molecular flexibility index (Phi) is 7.68. The van der Waals surface area contributed by atoms with E-state index in [1.165, 1.54) is 35.5 Å². The zero-order valence-electron chi connectivity index (χ0n) is 16.0. The van der Waals surface area contributed by atoms with Crippen LogP contribution < -0.4 is 16.0 Å². The zero-order chi connectivity index (χ0) is 21.5. The fraction of sp³-hybridized carbons (Fsp3) is 0.0909. The van der Waals surface area contributed by atoms with Crippen molar-refractivity contribution in [3.63, 3.8) is 0 Å². The molecule has 0 unspecified atom stereocenters. The maximum Gasteiger partial charge on any atom is 0.234 e. The van der Waals surface area contributed by atoms with E-state index in [-0.39, 0.29) is 16.7 Å². The first-order valence-corrected chi connectivity index (χ1v) is 10.8. The number of hydrogen-bond acceptors (Lipinski definition) is 3. The highest BCUT2D eigenvalue weighted by Gasteiger charge is 2.07. The molecule has 0 saturated carbocycles. The van der Waals surface area contributed by atoms with Crippen LogP contribution in [0.1, 0.15) is 5.56 Å². The number of hydrogen-bond donors (Lipinski definition) is 3. The molecular weight excluding hydrogens is 441 g/mol. The predicted molar refractivity (Wildman–Crippen MR) is 128 cm³/mol. The second-order valence-electron chi connectivity index (χ2n) is 6.44. The monoisotopic (exact) mass is 459 g/mol. The number of thiocarbonyl (C=S) groups is 1. The Balaban J connectivity index is 1.52. The first kappa shape index (κ1) is 22.1. The Hall–Kier alpha value is -2.61. The summed E-state index contributed by atoms with van der Waals surface area (Å²) < 4.78 is 13.2. The van der Waals surface area contributed by atoms with Gasteiger partial charge in [-0.15, -0.1) is 11.8 Å². The third-order valence-corrected chi connectivity index (χ3v) is 5.46. The summed E-state index contributed by atoms with van der Waals surface area (Å²) in [6.07, 6.45) is 0. The van der Waals surface area contributed by atoms with Crippen LogP contribution in [0, 0.1) is 12.7 Å². The fourth-order valence-electron chi connectivity index (χ4n) is 2.51. The van der Waals surface area contributed by atoms with E-state index in [0.717, 1.165) is 16.3 Å². The molecule has 0 spiro atoms. The Bertz CT molecular complexity index is 1060. The molecule has 0 aromatic heterocycles. The molecule has 0 heterocycles. The lowest BCUT2D eigenvalue weighted by molar-refractivity contribution is -0.113. The molecule has 0 aliphatic rings. The second-order valence-corrected chi connectivity index (χ2v) is 8.30. The van der Waals surface area contributed by atoms with Gasteiger partial charge in [-0.05, 0) is 67.7 Å². The summed E-state index contributed by atoms with van der Waals surface area (Å²) in [7, 11) is 0. The van der Waals surface area contributed by atoms with Crippen molar-refractivity contribution in [3.8, 4) is 0 Å². The number of carbonyl (C=O) groups excluding carboxylic acids is 1. The molecule has 0 aliphatic carbocycles. The number of benzene rings is 3. The van der Waals surface area contributed by atoms with Crippen LogP contribution in [-0.2, 0) is 4.79 Å². The van der Waals surface area contributed by atoms with E-state index in [1.807, 2.05) is 55.5 Å². The summed E-state index contributed by atoms with van der Waals surface area (Å²) >= 11 is 12.5. The van der Waals surface area contributed by atoms with E-state index in [9.17, 15) is 9.18 Å². The minimum Gasteiger partial charge on any atom is -0.332 e. The van der Waals surface area contributed by atoms with E-state index >= 15 is 0 Å². The molecule has 8 heteroatoms. The minimum absolute atomic E-state index is 0.0329. The summed E-state index contributed by atoms with van der Waals surface area (Å²) in [5, 5.41) is 9.42. The first-order chi connectivity index (χ1) is 14.4. The highest BCUT2D eigenvalue weighted by atomic mass is 35.5. The van der Waals surface area contributed by atoms with Crippen LogP contribution in [0.4, 0.5) is 21.5 Å². The lowest BCUT2D eigenvalue weighted by Crippen LogP contribution is -2.19. The molecule has 0 fully saturated rings. The SMILES string of the molecule is Cc1ccc(NC(=S)Nc2cccc(SCC(=O)Nc3ccc(F)c(Cl)c3)c2)cc1. The van der Waals surface area contributed by atoms with Crippen molar-refractivity contribution in [2.24, 2.45) is 0 Å². The average Bonchev–Trinajstić information content (AvgIpc) is 2.71. The summed E-state index contributed by atoms with van der Waals surface area (Å²) in [4.78, 5) is 13.1. The van der Waals surface area contributed by atoms with E-state index < -0.39 is 5.82 Å². The van der Waals surface area contributed by atoms with Crippen molar-refractivity contribution in [2.45, 2.75) is 11.8 Å². The Morgan fingerprint density at radius 3 is 2.37 bits per heavy atom. The van der Waals surface area contributed by atoms with Crippen molar-refractivity contribution in [3.05, 3.63) is 83.1 Å². The number of nitrogens with one attached hydrogen (secondary N) is 3. The number of anilines is 3. The Morgan fingerprint density at radius 1 is 0.967 bits per heavy atom. The number of carbonyl (C=O) groups is 1. The second kappa shape index (κ2) is 10.4. The van der Waals surface area contributed by atoms with Crippen molar-refractivity contribution in [2.75, 3.05) is 21.7 Å². The van der Waals surface area contributed by atoms with Crippen LogP contribution in [0.25, 0.3) is 0 Å². The summed E-state index contributed by atoms with van der Waals surface area (Å²) in [5.74, 6) is -0.537. The molecule has 3 aromatic rings. The molecule has 0 saturated heterocycles. The number of aryl methyl sites for hydroxylation is 1. The topological polar surface area (TPSA) is 53.2 Å². The van der Waals surface area contributed by atoms with Crippen molar-refractivity contribution >= 4 is 63.7 Å². The van der Waals surface area contributed by atoms with Gasteiger partial charge in [-0.25, -0.2) is 4.39 Å². The number of amides is 1. The van der Waals surface area contributed by atoms with Crippen LogP contribution in [0.5, 0.6) is 0 Å². The molecular formula is C22H19ClFN3OS2. The molecule has 154 valence electrons. The number of rotatable bonds is 6. The van der Waals surface area contributed by atoms with E-state index in [1.54, 1.807) is 0 Å². The Labute approximate surface area is 189 Å². The molecule has 0 radical (unpaired) electrons. The zero-order valence-corrected chi connectivity index (χ0v) is 18.4. The van der Waals surface area contributed by atoms with Gasteiger partial charge in [0.2, 0.25) is 5.91 Å². The molecule has 30 heavy (non-hydrogen) atoms. The van der Waals surface area contributed by atoms with Gasteiger partial charge in [-0.3, -0.25) is 4.79 Å². The number of thioether (sulfide) groups is 1. The van der Waals surface area contributed by atoms with Gasteiger partial charge in [0, 0.05) is 22.0 Å². The van der Waals surface area contributed by atoms with Crippen LogP contribution in [0.15, 0.2) is 71.6 Å². The third-order valence-electron chi connectivity index (χ3n) is 3.97. The quantitative estimate of drug-likeness (QED) is 0.297. The standard InChI is InChI=1S/C22H19ClFN3OS2/c1-14-5-7-15(8-6-14)26-22(29)27-16-3-2-4-18(11-16)30-13-21(28)25-17-9-10-20(24)19(23)12-17/h2-12H,13H2,1H3,(H,25,28)(H2,26,27,29). The van der Waals surface area contributed by atoms with Crippen LogP contribution >= 0.6 is 35.6 Å². The summed E-state index contributed by atoms with van der Waals surface area (Å²) in [6.45, 7) is 2.03. The Morgan fingerprint density at radius 2 is 1.63 bits per heavy atom. The normalized spacial score (nSPS) is 10.4. The largest absolute Gasteiger partial charge is 0.332 e. The van der Waals surface area contributed by atoms with Crippen molar-refractivity contribution < 1.29 is 9.18 Å². The fourth-order valence-corrected chi connectivity index (χ4v) is 3.69. The van der Waals surface area contributed by atoms with Gasteiger partial charge < -0.3 is 16.0 Å². The van der Waals surface area contributed by atoms with E-state index in [2.05, 4.69) is 16.0 Å². The minimum atomic E-state index is -0.525. The lowest BCUT2D eigenvalue weighted by Gasteiger charge is -2.12. The number of halogens is 2. The van der Waals surface area contributed by atoms with Gasteiger partial charge >= 0.3 is 0 Å². The lowest BCUT2D eigenvalue weighted by atomic mass is 10.2. The molecule has 0 atom stereocenters. The third kappa shape index (κ3) is 6.73. The van der Waals surface area contributed by atoms with Crippen LogP contribution in [0.2, 0.25) is 5.02 Å². The highest BCUT2D eigenvalue weighted by molar-refractivity contribution is 8.00. The first-order valence-electron chi connectivity index (χ1n) is 9.01. The summed E-state index contributed by atoms with van der Waals surface area (Å²) in [6, 6.07) is 19.6. The molecule has 3 rings (SSSR count). The van der Waals surface area contributed by atoms with Gasteiger partial charge in [0.15, 0.2) is 5.11 Å². The molecule has 0 bridgehead atoms. The molecule has 3 aromatic carbocycles. The smallest absolute Gasteiger partial charge is 0.234 e. The summed E-state index contributed by atoms with van der Waals surface area (Å²) in [5.41, 5.74) is 3.35. The van der Waals surface area contributed by atoms with E-state index in [0.29, 0.717) is 10.8 Å². The maximum atomic E-state index is 13.2. The van der Waals surface area contributed by atoms with Crippen LogP contribution in [-0.4, -0.2) is 16.8 Å². The van der Waals surface area contributed by atoms with E-state index in [4.69, 9.17) is 23.8 Å². The van der Waals surface area contributed by atoms with Gasteiger partial charge in [0.05, 0.1) is 10.8 Å². The molecule has 4 nitrogen and oxygen atoms in total. The van der Waals surface area contributed by atoms with Crippen LogP contribution in [0.3, 0.4) is 0 Å².